The van der Waals surface area contributed by atoms with Crippen molar-refractivity contribution in [3.8, 4) is 0 Å². The molecule has 0 spiro atoms. The van der Waals surface area contributed by atoms with Gasteiger partial charge in [-0.2, -0.15) is 0 Å². The van der Waals surface area contributed by atoms with Gasteiger partial charge >= 0.3 is 11.9 Å². The molecule has 2 unspecified atom stereocenters. The van der Waals surface area contributed by atoms with Crippen LogP contribution in [-0.2, 0) is 28.5 Å². The van der Waals surface area contributed by atoms with Gasteiger partial charge in [-0.3, -0.25) is 9.59 Å². The second kappa shape index (κ2) is 31.0. The summed E-state index contributed by atoms with van der Waals surface area (Å²) in [5, 5.41) is 39.8. The lowest BCUT2D eigenvalue weighted by atomic mass is 9.99. The molecular weight excluding hydrogens is 628 g/mol. The Bertz CT molecular complexity index is 872. The summed E-state index contributed by atoms with van der Waals surface area (Å²) in [5.41, 5.74) is 3.29. The van der Waals surface area contributed by atoms with Crippen LogP contribution in [0.2, 0.25) is 0 Å². The van der Waals surface area contributed by atoms with Gasteiger partial charge in [0.1, 0.15) is 31.0 Å². The monoisotopic (exact) mass is 698 g/mol. The summed E-state index contributed by atoms with van der Waals surface area (Å²) in [4.78, 5) is 25.1. The molecule has 0 aromatic heterocycles. The summed E-state index contributed by atoms with van der Waals surface area (Å²) in [6.07, 6.45) is 20.1. The van der Waals surface area contributed by atoms with E-state index in [1.807, 2.05) is 0 Å². The fourth-order valence-electron chi connectivity index (χ4n) is 5.75. The van der Waals surface area contributed by atoms with E-state index in [9.17, 15) is 30.0 Å². The summed E-state index contributed by atoms with van der Waals surface area (Å²) in [6, 6.07) is 0. The number of carbonyl (C=O) groups is 2. The van der Waals surface area contributed by atoms with E-state index in [2.05, 4.69) is 31.7 Å². The van der Waals surface area contributed by atoms with Gasteiger partial charge in [0.2, 0.25) is 0 Å². The second-order valence-corrected chi connectivity index (χ2v) is 13.5. The smallest absolute Gasteiger partial charge is 0.306 e. The second-order valence-electron chi connectivity index (χ2n) is 13.5. The maximum absolute atomic E-state index is 12.6. The van der Waals surface area contributed by atoms with Gasteiger partial charge in [0.15, 0.2) is 12.4 Å². The normalized spacial score (nSPS) is 21.1. The molecule has 0 bridgehead atoms. The van der Waals surface area contributed by atoms with Crippen molar-refractivity contribution in [2.45, 2.75) is 198 Å². The van der Waals surface area contributed by atoms with E-state index in [1.54, 1.807) is 0 Å². The van der Waals surface area contributed by atoms with Crippen LogP contribution in [0.1, 0.15) is 162 Å². The van der Waals surface area contributed by atoms with Crippen molar-refractivity contribution in [3.05, 3.63) is 17.9 Å². The third-order valence-electron chi connectivity index (χ3n) is 8.92. The molecule has 0 aliphatic carbocycles. The van der Waals surface area contributed by atoms with Crippen molar-refractivity contribution < 1.29 is 49.0 Å². The Morgan fingerprint density at radius 1 is 0.653 bits per heavy atom. The first-order valence-electron chi connectivity index (χ1n) is 19.5. The van der Waals surface area contributed by atoms with Gasteiger partial charge in [-0.15, -0.1) is 5.73 Å². The number of ether oxygens (including phenoxy) is 4. The Balaban J connectivity index is 2.39. The quantitative estimate of drug-likeness (QED) is 0.0339. The van der Waals surface area contributed by atoms with E-state index < -0.39 is 55.4 Å². The zero-order chi connectivity index (χ0) is 36.0. The molecule has 1 saturated heterocycles. The molecule has 0 saturated carbocycles. The van der Waals surface area contributed by atoms with E-state index in [-0.39, 0.29) is 26.1 Å². The predicted octanol–water partition coefficient (Wildman–Crippen LogP) is 6.98. The predicted molar refractivity (Wildman–Crippen MR) is 191 cm³/mol. The minimum absolute atomic E-state index is 0.224. The number of hydrogen-bond donors (Lipinski definition) is 4. The van der Waals surface area contributed by atoms with Crippen LogP contribution in [0.4, 0.5) is 0 Å². The summed E-state index contributed by atoms with van der Waals surface area (Å²) in [5.74, 6) is -0.829. The van der Waals surface area contributed by atoms with E-state index in [1.165, 1.54) is 64.2 Å². The summed E-state index contributed by atoms with van der Waals surface area (Å²) in [7, 11) is 0. The summed E-state index contributed by atoms with van der Waals surface area (Å²) < 4.78 is 22.0. The molecular formula is C39H70O10. The van der Waals surface area contributed by atoms with Crippen molar-refractivity contribution in [2.75, 3.05) is 19.8 Å². The van der Waals surface area contributed by atoms with Crippen LogP contribution in [0.5, 0.6) is 0 Å². The summed E-state index contributed by atoms with van der Waals surface area (Å²) >= 11 is 0. The number of hydrogen-bond acceptors (Lipinski definition) is 10. The van der Waals surface area contributed by atoms with E-state index in [0.29, 0.717) is 12.8 Å². The molecule has 49 heavy (non-hydrogen) atoms. The van der Waals surface area contributed by atoms with Crippen LogP contribution < -0.4 is 0 Å². The lowest BCUT2D eigenvalue weighted by Gasteiger charge is -2.39. The van der Waals surface area contributed by atoms with Gasteiger partial charge in [-0.1, -0.05) is 110 Å². The Labute approximate surface area is 296 Å². The molecule has 4 N–H and O–H groups in total. The maximum atomic E-state index is 12.6. The Kier molecular flexibility index (Phi) is 28.6. The number of aliphatic hydroxyl groups excluding tert-OH is 4. The molecule has 10 heteroatoms. The molecule has 10 nitrogen and oxygen atoms in total. The third-order valence-corrected chi connectivity index (χ3v) is 8.92. The molecule has 1 aliphatic heterocycles. The van der Waals surface area contributed by atoms with Crippen molar-refractivity contribution >= 4 is 11.9 Å². The Morgan fingerprint density at radius 2 is 1.14 bits per heavy atom. The summed E-state index contributed by atoms with van der Waals surface area (Å²) in [6.45, 7) is 3.34. The number of aliphatic hydroxyl groups is 4. The van der Waals surface area contributed by atoms with Crippen molar-refractivity contribution in [2.24, 2.45) is 0 Å². The molecule has 6 atom stereocenters. The van der Waals surface area contributed by atoms with Crippen LogP contribution in [0, 0.1) is 0 Å². The van der Waals surface area contributed by atoms with Gasteiger partial charge in [-0.25, -0.2) is 0 Å². The molecule has 0 amide bonds. The first-order chi connectivity index (χ1) is 23.8. The largest absolute Gasteiger partial charge is 0.462 e. The Hall–Kier alpha value is -1.78. The third kappa shape index (κ3) is 23.3. The number of allylic oxidation sites excluding steroid dienone is 1. The zero-order valence-corrected chi connectivity index (χ0v) is 30.7. The van der Waals surface area contributed by atoms with Crippen LogP contribution in [0.3, 0.4) is 0 Å². The fraction of sp³-hybridized carbons (Fsp3) is 0.872. The number of esters is 2. The molecule has 1 aliphatic rings. The van der Waals surface area contributed by atoms with Crippen LogP contribution in [0.15, 0.2) is 17.9 Å². The zero-order valence-electron chi connectivity index (χ0n) is 30.7. The van der Waals surface area contributed by atoms with E-state index >= 15 is 0 Å². The van der Waals surface area contributed by atoms with Crippen LogP contribution in [-0.4, -0.2) is 89.0 Å². The molecule has 1 fully saturated rings. The minimum Gasteiger partial charge on any atom is -0.462 e. The molecule has 0 radical (unpaired) electrons. The standard InChI is InChI=1S/C39H70O10/c1-3-5-7-9-11-13-14-15-16-17-18-20-21-23-25-27-34(41)46-30-32(31-47-39-38(45)37(44)36(43)33(29-40)49-39)48-35(42)28-26-24-22-19-12-10-8-6-4-2/h14,16,32-33,36-40,43-45H,3-13,17-31H2,1-2H3/t15?,32-,33-,36+,37?,38?,39-/m0/s1. The number of unbranched alkanes of at least 4 members (excludes halogenated alkanes) is 18. The van der Waals surface area contributed by atoms with Gasteiger partial charge in [-0.05, 0) is 50.7 Å². The first kappa shape index (κ1) is 45.2. The minimum atomic E-state index is -1.59. The maximum Gasteiger partial charge on any atom is 0.306 e. The van der Waals surface area contributed by atoms with Crippen molar-refractivity contribution in [1.82, 2.24) is 0 Å². The topological polar surface area (TPSA) is 152 Å². The molecule has 0 aromatic carbocycles. The number of rotatable bonds is 31. The Morgan fingerprint density at radius 3 is 1.67 bits per heavy atom. The van der Waals surface area contributed by atoms with Crippen molar-refractivity contribution in [1.29, 1.82) is 0 Å². The molecule has 1 rings (SSSR count). The molecule has 1 heterocycles. The highest BCUT2D eigenvalue weighted by Gasteiger charge is 2.44. The van der Waals surface area contributed by atoms with Gasteiger partial charge in [0.05, 0.1) is 13.2 Å². The van der Waals surface area contributed by atoms with Gasteiger partial charge < -0.3 is 39.4 Å². The van der Waals surface area contributed by atoms with E-state index in [4.69, 9.17) is 18.9 Å². The highest BCUT2D eigenvalue weighted by Crippen LogP contribution is 2.22. The molecule has 0 aromatic rings. The van der Waals surface area contributed by atoms with Gasteiger partial charge in [0, 0.05) is 12.8 Å². The highest BCUT2D eigenvalue weighted by atomic mass is 16.7. The average Bonchev–Trinajstić information content (AvgIpc) is 3.10. The fourth-order valence-corrected chi connectivity index (χ4v) is 5.75. The van der Waals surface area contributed by atoms with Crippen LogP contribution in [0.25, 0.3) is 0 Å². The van der Waals surface area contributed by atoms with Crippen molar-refractivity contribution in [3.63, 3.8) is 0 Å². The molecule has 286 valence electrons. The van der Waals surface area contributed by atoms with Gasteiger partial charge in [0.25, 0.3) is 0 Å². The average molecular weight is 699 g/mol. The SMILES string of the molecule is CCCCCCCC=C=CCCCCCCCC(=O)OC[C@@H](CO[C@H]1O[C@@H](CO)[C@@H](O)C(O)C1O)OC(=O)CCCCCCCCCCC. The van der Waals surface area contributed by atoms with Crippen LogP contribution >= 0.6 is 0 Å². The lowest BCUT2D eigenvalue weighted by Crippen LogP contribution is -2.59. The highest BCUT2D eigenvalue weighted by molar-refractivity contribution is 5.70. The number of carbonyl (C=O) groups excluding carboxylic acids is 2. The van der Waals surface area contributed by atoms with E-state index in [0.717, 1.165) is 57.8 Å². The lowest BCUT2D eigenvalue weighted by molar-refractivity contribution is -0.305. The first-order valence-corrected chi connectivity index (χ1v) is 19.5.